The third kappa shape index (κ3) is 10.9. The molecule has 0 aliphatic carbocycles. The lowest BCUT2D eigenvalue weighted by Crippen LogP contribution is -2.58. The van der Waals surface area contributed by atoms with E-state index in [0.717, 1.165) is 0 Å². The lowest BCUT2D eigenvalue weighted by molar-refractivity contribution is -0.143. The summed E-state index contributed by atoms with van der Waals surface area (Å²) in [6, 6.07) is -5.15. The average molecular weight is 511 g/mol. The van der Waals surface area contributed by atoms with Crippen LogP contribution in [-0.4, -0.2) is 74.7 Å². The number of imidazole rings is 1. The first-order chi connectivity index (χ1) is 16.8. The maximum atomic E-state index is 13.1. The van der Waals surface area contributed by atoms with Gasteiger partial charge in [-0.25, -0.2) is 9.78 Å². The molecule has 1 heterocycles. The van der Waals surface area contributed by atoms with E-state index in [1.54, 1.807) is 0 Å². The number of carbonyl (C=O) groups excluding carboxylic acids is 5. The van der Waals surface area contributed by atoms with Gasteiger partial charge in [-0.05, 0) is 18.8 Å². The molecule has 0 fully saturated rings. The molecule has 15 heteroatoms. The average Bonchev–Trinajstić information content (AvgIpc) is 3.27. The van der Waals surface area contributed by atoms with E-state index in [4.69, 9.17) is 17.2 Å². The van der Waals surface area contributed by atoms with Crippen molar-refractivity contribution in [1.29, 1.82) is 0 Å². The zero-order valence-corrected chi connectivity index (χ0v) is 20.2. The van der Waals surface area contributed by atoms with Crippen LogP contribution < -0.4 is 33.2 Å². The van der Waals surface area contributed by atoms with E-state index in [1.165, 1.54) is 12.5 Å². The maximum absolute atomic E-state index is 13.1. The van der Waals surface area contributed by atoms with Crippen molar-refractivity contribution in [2.45, 2.75) is 70.1 Å². The number of aromatic nitrogens is 2. The third-order valence-corrected chi connectivity index (χ3v) is 5.01. The van der Waals surface area contributed by atoms with Gasteiger partial charge in [0.1, 0.15) is 18.1 Å². The Morgan fingerprint density at radius 1 is 0.944 bits per heavy atom. The van der Waals surface area contributed by atoms with Gasteiger partial charge in [0.2, 0.25) is 29.5 Å². The first-order valence-corrected chi connectivity index (χ1v) is 11.2. The minimum Gasteiger partial charge on any atom is -0.480 e. The number of nitrogens with zero attached hydrogens (tertiary/aromatic N) is 1. The van der Waals surface area contributed by atoms with Crippen LogP contribution in [0.5, 0.6) is 0 Å². The van der Waals surface area contributed by atoms with E-state index < -0.39 is 66.1 Å². The minimum atomic E-state index is -1.63. The molecule has 5 amide bonds. The van der Waals surface area contributed by atoms with Crippen LogP contribution in [0.2, 0.25) is 0 Å². The molecular formula is C21H34N8O7. The molecule has 0 aliphatic rings. The van der Waals surface area contributed by atoms with Crippen molar-refractivity contribution in [3.05, 3.63) is 18.2 Å². The number of rotatable bonds is 16. The normalized spacial score (nSPS) is 14.2. The van der Waals surface area contributed by atoms with Gasteiger partial charge < -0.3 is 43.2 Å². The van der Waals surface area contributed by atoms with Crippen molar-refractivity contribution in [1.82, 2.24) is 25.9 Å². The zero-order chi connectivity index (χ0) is 27.4. The van der Waals surface area contributed by atoms with E-state index in [9.17, 15) is 33.9 Å². The van der Waals surface area contributed by atoms with Crippen molar-refractivity contribution in [2.24, 2.45) is 23.1 Å². The second-order valence-electron chi connectivity index (χ2n) is 8.71. The van der Waals surface area contributed by atoms with Gasteiger partial charge in [0.05, 0.1) is 18.8 Å². The first-order valence-electron chi connectivity index (χ1n) is 11.2. The van der Waals surface area contributed by atoms with Gasteiger partial charge in [-0.2, -0.15) is 0 Å². The number of nitrogens with one attached hydrogen (secondary N) is 4. The molecule has 0 aliphatic heterocycles. The quantitative estimate of drug-likeness (QED) is 0.112. The molecule has 1 aromatic heterocycles. The molecule has 0 saturated carbocycles. The number of carbonyl (C=O) groups is 6. The lowest BCUT2D eigenvalue weighted by Gasteiger charge is -2.25. The van der Waals surface area contributed by atoms with Crippen LogP contribution in [0.4, 0.5) is 0 Å². The van der Waals surface area contributed by atoms with Crippen LogP contribution >= 0.6 is 0 Å². The molecule has 0 saturated heterocycles. The summed E-state index contributed by atoms with van der Waals surface area (Å²) >= 11 is 0. The number of aliphatic carboxylic acids is 1. The summed E-state index contributed by atoms with van der Waals surface area (Å²) in [5, 5.41) is 16.4. The number of primary amides is 2. The van der Waals surface area contributed by atoms with Crippen molar-refractivity contribution in [3.63, 3.8) is 0 Å². The molecule has 1 aromatic rings. The Labute approximate surface area is 207 Å². The molecule has 11 N–H and O–H groups in total. The maximum Gasteiger partial charge on any atom is 0.326 e. The third-order valence-electron chi connectivity index (χ3n) is 5.01. The van der Waals surface area contributed by atoms with Crippen molar-refractivity contribution < 1.29 is 33.9 Å². The predicted octanol–water partition coefficient (Wildman–Crippen LogP) is -2.99. The van der Waals surface area contributed by atoms with E-state index in [-0.39, 0.29) is 25.2 Å². The van der Waals surface area contributed by atoms with Gasteiger partial charge in [0.25, 0.3) is 0 Å². The summed E-state index contributed by atoms with van der Waals surface area (Å²) in [6.45, 7) is 3.73. The summed E-state index contributed by atoms with van der Waals surface area (Å²) in [5.41, 5.74) is 16.5. The van der Waals surface area contributed by atoms with E-state index in [0.29, 0.717) is 12.1 Å². The van der Waals surface area contributed by atoms with Crippen molar-refractivity contribution in [3.8, 4) is 0 Å². The van der Waals surface area contributed by atoms with Gasteiger partial charge in [-0.1, -0.05) is 13.8 Å². The van der Waals surface area contributed by atoms with E-state index in [1.807, 2.05) is 13.8 Å². The first kappa shape index (κ1) is 30.0. The molecule has 15 nitrogen and oxygen atoms in total. The molecule has 4 atom stereocenters. The monoisotopic (exact) mass is 510 g/mol. The number of carboxylic acids is 1. The van der Waals surface area contributed by atoms with E-state index in [2.05, 4.69) is 25.9 Å². The summed E-state index contributed by atoms with van der Waals surface area (Å²) in [5.74, 6) is -5.45. The van der Waals surface area contributed by atoms with Crippen molar-refractivity contribution in [2.75, 3.05) is 0 Å². The second kappa shape index (κ2) is 14.4. The van der Waals surface area contributed by atoms with Gasteiger partial charge in [-0.15, -0.1) is 0 Å². The molecule has 0 radical (unpaired) electrons. The Bertz CT molecular complexity index is 935. The summed E-state index contributed by atoms with van der Waals surface area (Å²) in [4.78, 5) is 78.9. The molecule has 200 valence electrons. The molecule has 1 rings (SSSR count). The minimum absolute atomic E-state index is 0.105. The number of H-pyrrole nitrogens is 1. The summed E-state index contributed by atoms with van der Waals surface area (Å²) < 4.78 is 0. The van der Waals surface area contributed by atoms with Crippen LogP contribution in [0.25, 0.3) is 0 Å². The van der Waals surface area contributed by atoms with Crippen molar-refractivity contribution >= 4 is 35.5 Å². The Morgan fingerprint density at radius 2 is 1.53 bits per heavy atom. The highest BCUT2D eigenvalue weighted by Gasteiger charge is 2.31. The van der Waals surface area contributed by atoms with Crippen LogP contribution in [0.15, 0.2) is 12.5 Å². The highest BCUT2D eigenvalue weighted by molar-refractivity contribution is 5.95. The Morgan fingerprint density at radius 3 is 2.03 bits per heavy atom. The number of amides is 5. The van der Waals surface area contributed by atoms with Crippen LogP contribution in [0.1, 0.15) is 45.2 Å². The van der Waals surface area contributed by atoms with Gasteiger partial charge in [0.15, 0.2) is 0 Å². The second-order valence-corrected chi connectivity index (χ2v) is 8.71. The molecule has 0 aromatic carbocycles. The van der Waals surface area contributed by atoms with Gasteiger partial charge in [0, 0.05) is 24.7 Å². The number of nitrogens with two attached hydrogens (primary N) is 3. The fourth-order valence-corrected chi connectivity index (χ4v) is 3.22. The number of carboxylic acid groups (broad SMARTS) is 1. The Hall–Kier alpha value is -4.01. The fourth-order valence-electron chi connectivity index (χ4n) is 3.22. The lowest BCUT2D eigenvalue weighted by atomic mass is 10.0. The van der Waals surface area contributed by atoms with Crippen LogP contribution in [0.3, 0.4) is 0 Å². The Kier molecular flexibility index (Phi) is 12.0. The van der Waals surface area contributed by atoms with E-state index >= 15 is 0 Å². The molecular weight excluding hydrogens is 476 g/mol. The van der Waals surface area contributed by atoms with Crippen LogP contribution in [-0.2, 0) is 35.2 Å². The van der Waals surface area contributed by atoms with Gasteiger partial charge >= 0.3 is 5.97 Å². The van der Waals surface area contributed by atoms with Crippen LogP contribution in [0, 0.1) is 5.92 Å². The summed E-state index contributed by atoms with van der Waals surface area (Å²) in [6.07, 6.45) is 1.86. The number of hydrogen-bond donors (Lipinski definition) is 8. The zero-order valence-electron chi connectivity index (χ0n) is 20.2. The standard InChI is InChI=1S/C21H34N8O7/c1-10(2)5-12(22)18(32)27-13(3-4-16(23)30)19(33)28-14(6-11-8-25-9-26-11)20(34)29-15(21(35)36)7-17(24)31/h8-10,12-15H,3-7,22H2,1-2H3,(H2,23,30)(H2,24,31)(H,25,26)(H,27,32)(H,28,33)(H,29,34)(H,35,36). The smallest absolute Gasteiger partial charge is 0.326 e. The largest absolute Gasteiger partial charge is 0.480 e. The summed E-state index contributed by atoms with van der Waals surface area (Å²) in [7, 11) is 0. The molecule has 36 heavy (non-hydrogen) atoms. The highest BCUT2D eigenvalue weighted by Crippen LogP contribution is 2.07. The molecule has 0 bridgehead atoms. The predicted molar refractivity (Wildman–Crippen MR) is 125 cm³/mol. The topological polar surface area (TPSA) is 265 Å². The SMILES string of the molecule is CC(C)CC(N)C(=O)NC(CCC(N)=O)C(=O)NC(Cc1cnc[nH]1)C(=O)NC(CC(N)=O)C(=O)O. The highest BCUT2D eigenvalue weighted by atomic mass is 16.4. The fraction of sp³-hybridized carbons (Fsp3) is 0.571. The molecule has 0 spiro atoms. The Balaban J connectivity index is 3.09. The number of aromatic amines is 1. The molecule has 4 unspecified atom stereocenters. The number of hydrogen-bond acceptors (Lipinski definition) is 8. The van der Waals surface area contributed by atoms with Gasteiger partial charge in [-0.3, -0.25) is 24.0 Å².